The van der Waals surface area contributed by atoms with Crippen LogP contribution < -0.4 is 104 Å². The number of amides is 14. The number of rotatable bonds is 16. The molecule has 0 aliphatic heterocycles. The molecule has 420 valence electrons. The summed E-state index contributed by atoms with van der Waals surface area (Å²) in [4.78, 5) is 104. The molecule has 6 aromatic carbocycles. The minimum absolute atomic E-state index is 0.0133. The van der Waals surface area contributed by atoms with Crippen molar-refractivity contribution in [1.29, 1.82) is 0 Å². The van der Waals surface area contributed by atoms with Crippen LogP contribution in [0.15, 0.2) is 140 Å². The van der Waals surface area contributed by atoms with Crippen molar-refractivity contribution in [1.82, 2.24) is 37.9 Å². The molecule has 28 nitrogen and oxygen atoms in total. The van der Waals surface area contributed by atoms with E-state index in [1.54, 1.807) is 86.6 Å². The van der Waals surface area contributed by atoms with Crippen LogP contribution in [0.25, 0.3) is 0 Å². The molecule has 0 saturated carbocycles. The maximum Gasteiger partial charge on any atom is 0.337 e. The van der Waals surface area contributed by atoms with Gasteiger partial charge in [-0.15, -0.1) is 0 Å². The van der Waals surface area contributed by atoms with Gasteiger partial charge in [0.05, 0.1) is 13.1 Å². The fraction of sp³-hybridized carbons (Fsp3) is 0.135. The van der Waals surface area contributed by atoms with E-state index in [1.807, 2.05) is 76.3 Å². The summed E-state index contributed by atoms with van der Waals surface area (Å²) in [6.45, 7) is 3.48. The molecule has 0 bridgehead atoms. The number of urea groups is 7. The average Bonchev–Trinajstić information content (AvgIpc) is 3.45. The van der Waals surface area contributed by atoms with Gasteiger partial charge in [0.15, 0.2) is 11.6 Å². The smallest absolute Gasteiger partial charge is 0.331 e. The summed E-state index contributed by atoms with van der Waals surface area (Å²) in [6.07, 6.45) is 1.29. The van der Waals surface area contributed by atoms with Crippen LogP contribution in [0.4, 0.5) is 73.4 Å². The molecule has 80 heavy (non-hydrogen) atoms. The summed E-state index contributed by atoms with van der Waals surface area (Å²) >= 11 is 0. The van der Waals surface area contributed by atoms with Crippen LogP contribution in [0, 0.1) is 13.8 Å². The average molecular weight is 1100 g/mol. The van der Waals surface area contributed by atoms with Gasteiger partial charge in [-0.2, -0.15) is 0 Å². The Labute approximate surface area is 458 Å². The fourth-order valence-corrected chi connectivity index (χ4v) is 6.65. The lowest BCUT2D eigenvalue weighted by molar-refractivity contribution is -0.118. The highest BCUT2D eigenvalue weighted by atomic mass is 16.2. The Morgan fingerprint density at radius 3 is 1.14 bits per heavy atom. The molecule has 0 radical (unpaired) electrons. The molecule has 0 spiro atoms. The van der Waals surface area contributed by atoms with Gasteiger partial charge in [-0.25, -0.2) is 67.8 Å². The van der Waals surface area contributed by atoms with Gasteiger partial charge in [0.2, 0.25) is 0 Å². The normalized spacial score (nSPS) is 9.89. The number of ketones is 2. The molecular formula is C52H63N19O9. The highest BCUT2D eigenvalue weighted by molar-refractivity contribution is 5.97. The predicted octanol–water partition coefficient (Wildman–Crippen LogP) is 4.11. The third-order valence-electron chi connectivity index (χ3n) is 10.7. The van der Waals surface area contributed by atoms with Crippen molar-refractivity contribution >= 4 is 93.6 Å². The van der Waals surface area contributed by atoms with Gasteiger partial charge < -0.3 is 48.3 Å². The van der Waals surface area contributed by atoms with Crippen LogP contribution >= 0.6 is 0 Å². The van der Waals surface area contributed by atoms with Crippen LogP contribution in [0.5, 0.6) is 0 Å². The second kappa shape index (κ2) is 32.7. The van der Waals surface area contributed by atoms with E-state index in [0.717, 1.165) is 34.2 Å². The van der Waals surface area contributed by atoms with Crippen LogP contribution in [0.1, 0.15) is 33.4 Å². The number of nitrogens with one attached hydrogen (secondary N) is 14. The van der Waals surface area contributed by atoms with Gasteiger partial charge in [-0.1, -0.05) is 78.9 Å². The minimum Gasteiger partial charge on any atom is -0.331 e. The molecule has 6 rings (SSSR count). The summed E-state index contributed by atoms with van der Waals surface area (Å²) in [7, 11) is 0. The first-order valence-electron chi connectivity index (χ1n) is 23.9. The minimum atomic E-state index is -0.731. The quantitative estimate of drug-likeness (QED) is 0.0369. The van der Waals surface area contributed by atoms with Gasteiger partial charge in [-0.05, 0) is 114 Å². The predicted molar refractivity (Wildman–Crippen MR) is 304 cm³/mol. The topological polar surface area (TPSA) is 452 Å². The Hall–Kier alpha value is -10.7. The van der Waals surface area contributed by atoms with E-state index < -0.39 is 42.2 Å². The highest BCUT2D eigenvalue weighted by Gasteiger charge is 2.12. The van der Waals surface area contributed by atoms with E-state index in [0.29, 0.717) is 45.4 Å². The van der Waals surface area contributed by atoms with Crippen molar-refractivity contribution in [3.05, 3.63) is 173 Å². The molecule has 0 heterocycles. The zero-order valence-electron chi connectivity index (χ0n) is 43.4. The van der Waals surface area contributed by atoms with E-state index >= 15 is 0 Å². The van der Waals surface area contributed by atoms with Crippen molar-refractivity contribution in [2.75, 3.05) is 50.3 Å². The lowest BCUT2D eigenvalue weighted by Crippen LogP contribution is -2.45. The standard InChI is InChI=1S/C19H21N3O3.C18H24N10O4.C15H18N6O2/c20-12-17(23)10-15-6-8-16(9-7-15)22-19(25)21-13-18(24)11-14-4-2-1-3-5-14;1-9-4-6-12(8-13(9)23-16(30)26-20)22-17(31)27-28-18(32)24-14-7-11(5-3-10(14)2)21-15(29)25-19;16-20-14(22)18-12-5-1-10(2-6-12)9-11-3-7-13(8-4-11)19-15(23)21-17/h1-9H,10-13,20H2,(H2,21,22,25);3-8H,19-20H2,1-2H3,(H2,21,25,29)(H2,22,27,31)(H2,23,26,30)(H2,24,28,32);1-8H,9,16-17H2,(H2,18,20,22)(H2,19,21,23). The van der Waals surface area contributed by atoms with Crippen LogP contribution in [-0.2, 0) is 28.9 Å². The molecule has 28 heteroatoms. The number of nitrogens with two attached hydrogens (primary N) is 5. The van der Waals surface area contributed by atoms with E-state index in [1.165, 1.54) is 12.1 Å². The number of hydrogen-bond acceptors (Lipinski definition) is 14. The number of carbonyl (C=O) groups excluding carboxylic acids is 9. The Morgan fingerprint density at radius 1 is 0.362 bits per heavy atom. The third kappa shape index (κ3) is 23.1. The van der Waals surface area contributed by atoms with E-state index in [4.69, 9.17) is 29.1 Å². The molecule has 0 aromatic heterocycles. The molecule has 14 amide bonds. The van der Waals surface area contributed by atoms with E-state index in [-0.39, 0.29) is 37.5 Å². The number of aryl methyl sites for hydroxylation is 2. The molecule has 0 aliphatic rings. The zero-order valence-corrected chi connectivity index (χ0v) is 43.4. The highest BCUT2D eigenvalue weighted by Crippen LogP contribution is 2.22. The van der Waals surface area contributed by atoms with Crippen molar-refractivity contribution in [3.63, 3.8) is 0 Å². The second-order valence-electron chi connectivity index (χ2n) is 16.8. The molecule has 0 unspecified atom stereocenters. The number of hydrazine groups is 5. The first-order valence-corrected chi connectivity index (χ1v) is 23.9. The summed E-state index contributed by atoms with van der Waals surface area (Å²) in [5, 5.41) is 20.4. The van der Waals surface area contributed by atoms with Gasteiger partial charge in [-0.3, -0.25) is 31.3 Å². The van der Waals surface area contributed by atoms with E-state index in [9.17, 15) is 43.2 Å². The van der Waals surface area contributed by atoms with Gasteiger partial charge in [0.1, 0.15) is 0 Å². The maximum absolute atomic E-state index is 12.1. The maximum atomic E-state index is 12.1. The van der Waals surface area contributed by atoms with Gasteiger partial charge in [0, 0.05) is 52.7 Å². The van der Waals surface area contributed by atoms with Crippen molar-refractivity contribution < 1.29 is 43.2 Å². The Kier molecular flexibility index (Phi) is 25.3. The lowest BCUT2D eigenvalue weighted by Gasteiger charge is -2.14. The number of benzene rings is 6. The number of Topliss-reactive ketones (excluding diaryl/α,β-unsaturated/α-hetero) is 2. The number of anilines is 7. The molecule has 0 aliphatic carbocycles. The Bertz CT molecular complexity index is 3020. The molecular weight excluding hydrogens is 1030 g/mol. The monoisotopic (exact) mass is 1100 g/mol. The third-order valence-corrected chi connectivity index (χ3v) is 10.7. The first-order chi connectivity index (χ1) is 38.4. The van der Waals surface area contributed by atoms with Crippen LogP contribution in [-0.4, -0.2) is 66.9 Å². The summed E-state index contributed by atoms with van der Waals surface area (Å²) in [6, 6.07) is 36.7. The molecule has 0 saturated heterocycles. The Balaban J connectivity index is 0.000000262. The summed E-state index contributed by atoms with van der Waals surface area (Å²) in [5.74, 6) is 20.0. The molecule has 24 N–H and O–H groups in total. The van der Waals surface area contributed by atoms with Crippen molar-refractivity contribution in [2.24, 2.45) is 29.1 Å². The van der Waals surface area contributed by atoms with E-state index in [2.05, 4.69) is 53.4 Å². The molecule has 0 fully saturated rings. The molecule has 0 atom stereocenters. The summed E-state index contributed by atoms with van der Waals surface area (Å²) in [5.41, 5.74) is 26.4. The van der Waals surface area contributed by atoms with Crippen molar-refractivity contribution in [3.8, 4) is 0 Å². The van der Waals surface area contributed by atoms with Gasteiger partial charge >= 0.3 is 42.2 Å². The zero-order chi connectivity index (χ0) is 58.4. The SMILES string of the molecule is Cc1ccc(NC(=O)NNC(=O)Nc2cc(NC(=O)NN)ccc2C)cc1NC(=O)NN.NCC(=O)Cc1ccc(NC(=O)NCC(=O)Cc2ccccc2)cc1.NNC(=O)Nc1ccc(Cc2ccc(NC(=O)NN)cc2)cc1. The lowest BCUT2D eigenvalue weighted by atomic mass is 10.0. The summed E-state index contributed by atoms with van der Waals surface area (Å²) < 4.78 is 0. The number of carbonyl (C=O) groups is 9. The first kappa shape index (κ1) is 61.9. The number of hydrogen-bond donors (Lipinski definition) is 19. The van der Waals surface area contributed by atoms with Gasteiger partial charge in [0.25, 0.3) is 0 Å². The Morgan fingerprint density at radius 2 is 0.700 bits per heavy atom. The second-order valence-corrected chi connectivity index (χ2v) is 16.8. The largest absolute Gasteiger partial charge is 0.337 e. The van der Waals surface area contributed by atoms with Crippen LogP contribution in [0.2, 0.25) is 0 Å². The fourth-order valence-electron chi connectivity index (χ4n) is 6.65. The van der Waals surface area contributed by atoms with Crippen molar-refractivity contribution in [2.45, 2.75) is 33.1 Å². The van der Waals surface area contributed by atoms with Crippen LogP contribution in [0.3, 0.4) is 0 Å². The molecule has 6 aromatic rings.